The van der Waals surface area contributed by atoms with Crippen LogP contribution in [0.15, 0.2) is 0 Å². The molecule has 6 heterocycles. The van der Waals surface area contributed by atoms with Crippen LogP contribution in [0.4, 0.5) is 35.7 Å². The number of aromatic nitrogens is 6. The van der Waals surface area contributed by atoms with Crippen LogP contribution in [0.1, 0.15) is 222 Å². The van der Waals surface area contributed by atoms with Gasteiger partial charge >= 0.3 is 0 Å². The summed E-state index contributed by atoms with van der Waals surface area (Å²) in [6, 6.07) is 0.565. The molecule has 4 saturated heterocycles. The molecule has 0 radical (unpaired) electrons. The lowest BCUT2D eigenvalue weighted by atomic mass is 9.76. The summed E-state index contributed by atoms with van der Waals surface area (Å²) in [4.78, 5) is 66.0. The SMILES string of the molecule is CCN(c1nc(NCCC(CCCC(=O)[O-])(CCNc2nc(N(CC)C3CC(C)(C)NC(C)(C)C3)nc(N(CC)C3CC(C)(C)NC(C)(C)C3)n2)C(=O)[O-])nc(N(CC)C2CC(C)(C)NC(C)(C)C2)n1)C1CC(C)(C)NC(C)(C)C1. The Hall–Kier alpha value is -4.40. The van der Waals surface area contributed by atoms with Gasteiger partial charge in [-0.25, -0.2) is 0 Å². The summed E-state index contributed by atoms with van der Waals surface area (Å²) in [5.74, 6) is 0.538. The molecule has 4 fully saturated rings. The molecule has 0 spiro atoms. The van der Waals surface area contributed by atoms with Crippen molar-refractivity contribution in [1.29, 1.82) is 0 Å². The van der Waals surface area contributed by atoms with E-state index in [4.69, 9.17) is 29.9 Å². The zero-order valence-electron chi connectivity index (χ0n) is 53.3. The molecule has 0 saturated carbocycles. The van der Waals surface area contributed by atoms with Gasteiger partial charge in [0.2, 0.25) is 35.7 Å². The van der Waals surface area contributed by atoms with Crippen molar-refractivity contribution in [3.05, 3.63) is 0 Å². The van der Waals surface area contributed by atoms with Gasteiger partial charge in [-0.2, -0.15) is 29.9 Å². The summed E-state index contributed by atoms with van der Waals surface area (Å²) in [6.45, 7) is 47.6. The maximum absolute atomic E-state index is 13.8. The summed E-state index contributed by atoms with van der Waals surface area (Å²) in [7, 11) is 0. The minimum absolute atomic E-state index is 0.0552. The van der Waals surface area contributed by atoms with Gasteiger partial charge in [-0.15, -0.1) is 0 Å². The summed E-state index contributed by atoms with van der Waals surface area (Å²) in [6.07, 6.45) is 7.20. The number of carboxylic acids is 2. The molecule has 0 bridgehead atoms. The zero-order chi connectivity index (χ0) is 59.7. The Balaban J connectivity index is 1.34. The maximum atomic E-state index is 13.8. The molecule has 6 N–H and O–H groups in total. The highest BCUT2D eigenvalue weighted by Crippen LogP contribution is 2.40. The fourth-order valence-electron chi connectivity index (χ4n) is 15.7. The van der Waals surface area contributed by atoms with Gasteiger partial charge in [0.1, 0.15) is 0 Å². The Labute approximate surface area is 482 Å². The number of carbonyl (C=O) groups is 2. The first-order valence-electron chi connectivity index (χ1n) is 30.5. The normalized spacial score (nSPS) is 22.5. The second kappa shape index (κ2) is 24.4. The molecular formula is C60H108N16O4-2. The molecule has 0 unspecified atom stereocenters. The van der Waals surface area contributed by atoms with E-state index in [-0.39, 0.29) is 114 Å². The third-order valence-corrected chi connectivity index (χ3v) is 17.3. The Morgan fingerprint density at radius 3 is 0.875 bits per heavy atom. The van der Waals surface area contributed by atoms with Gasteiger partial charge in [0.15, 0.2) is 0 Å². The molecule has 0 atom stereocenters. The van der Waals surface area contributed by atoms with Crippen LogP contribution < -0.4 is 61.7 Å². The Kier molecular flexibility index (Phi) is 19.8. The maximum Gasteiger partial charge on any atom is 0.232 e. The first-order valence-corrected chi connectivity index (χ1v) is 30.5. The Bertz CT molecular complexity index is 2090. The van der Waals surface area contributed by atoms with Gasteiger partial charge in [0.05, 0.1) is 0 Å². The van der Waals surface area contributed by atoms with Crippen molar-refractivity contribution < 1.29 is 19.8 Å². The summed E-state index contributed by atoms with van der Waals surface area (Å²) in [5, 5.41) is 47.9. The van der Waals surface area contributed by atoms with Gasteiger partial charge in [-0.05, 0) is 222 Å². The third kappa shape index (κ3) is 17.1. The molecule has 20 heteroatoms. The van der Waals surface area contributed by atoms with E-state index in [2.05, 4.69) is 190 Å². The third-order valence-electron chi connectivity index (χ3n) is 17.3. The first-order chi connectivity index (χ1) is 36.8. The number of nitrogens with zero attached hydrogens (tertiary/aromatic N) is 10. The predicted molar refractivity (Wildman–Crippen MR) is 322 cm³/mol. The predicted octanol–water partition coefficient (Wildman–Crippen LogP) is 6.56. The van der Waals surface area contributed by atoms with Crippen LogP contribution in [0, 0.1) is 5.41 Å². The molecule has 2 aromatic heterocycles. The van der Waals surface area contributed by atoms with Crippen LogP contribution in [0.5, 0.6) is 0 Å². The second-order valence-corrected chi connectivity index (χ2v) is 29.6. The molecule has 4 aliphatic rings. The Morgan fingerprint density at radius 1 is 0.438 bits per heavy atom. The standard InChI is InChI=1S/C60H110N16O4/c1-21-73(40-32-52(5,6)69-53(7,8)33-40)48-63-46(64-49(67-48)74(22-2)41-34-54(9,10)70-55(11,12)35-41)61-30-28-60(45(79)80,27-25-26-44(77)78)29-31-62-47-65-50(75(23-3)42-36-56(13,14)71-57(15,16)37-42)68-51(66-47)76(24-4)43-38-58(17,18)72-59(19,20)39-43/h40-43,69-72H,21-39H2,1-20H3,(H,77,78)(H,79,80)(H,61,63,64,67)(H,62,65,66,68)/p-2. The van der Waals surface area contributed by atoms with Crippen molar-refractivity contribution in [2.45, 2.75) is 290 Å². The monoisotopic (exact) mass is 1120 g/mol. The van der Waals surface area contributed by atoms with E-state index >= 15 is 0 Å². The Morgan fingerprint density at radius 2 is 0.675 bits per heavy atom. The number of hydrogen-bond acceptors (Lipinski definition) is 20. The van der Waals surface area contributed by atoms with Crippen LogP contribution in [-0.4, -0.2) is 150 Å². The van der Waals surface area contributed by atoms with Gasteiger partial charge in [0, 0.05) is 125 Å². The number of hydrogen-bond donors (Lipinski definition) is 6. The lowest BCUT2D eigenvalue weighted by Crippen LogP contribution is -2.62. The van der Waals surface area contributed by atoms with Crippen molar-refractivity contribution in [1.82, 2.24) is 51.2 Å². The highest BCUT2D eigenvalue weighted by molar-refractivity contribution is 5.73. The molecule has 6 rings (SSSR count). The van der Waals surface area contributed by atoms with Crippen molar-refractivity contribution in [2.75, 3.05) is 69.5 Å². The van der Waals surface area contributed by atoms with E-state index in [0.717, 1.165) is 51.4 Å². The lowest BCUT2D eigenvalue weighted by Gasteiger charge is -2.50. The van der Waals surface area contributed by atoms with Crippen LogP contribution in [0.2, 0.25) is 0 Å². The lowest BCUT2D eigenvalue weighted by molar-refractivity contribution is -0.321. The second-order valence-electron chi connectivity index (χ2n) is 29.6. The van der Waals surface area contributed by atoms with Crippen molar-refractivity contribution in [3.8, 4) is 0 Å². The molecule has 0 aromatic carbocycles. The van der Waals surface area contributed by atoms with E-state index < -0.39 is 17.4 Å². The number of nitrogens with one attached hydrogen (secondary N) is 6. The molecule has 4 aliphatic heterocycles. The van der Waals surface area contributed by atoms with E-state index in [9.17, 15) is 19.8 Å². The van der Waals surface area contributed by atoms with E-state index in [1.165, 1.54) is 0 Å². The number of piperidine rings is 4. The average Bonchev–Trinajstić information content (AvgIpc) is 3.26. The summed E-state index contributed by atoms with van der Waals surface area (Å²) in [5.41, 5.74) is -2.45. The van der Waals surface area contributed by atoms with Crippen LogP contribution in [-0.2, 0) is 9.59 Å². The molecule has 0 amide bonds. The van der Waals surface area contributed by atoms with Gasteiger partial charge in [0.25, 0.3) is 0 Å². The van der Waals surface area contributed by atoms with Crippen molar-refractivity contribution in [3.63, 3.8) is 0 Å². The molecular weight excluding hydrogens is 1010 g/mol. The number of anilines is 6. The summed E-state index contributed by atoms with van der Waals surface area (Å²) < 4.78 is 0. The van der Waals surface area contributed by atoms with E-state index in [0.29, 0.717) is 61.9 Å². The van der Waals surface area contributed by atoms with Crippen molar-refractivity contribution >= 4 is 47.6 Å². The fourth-order valence-corrected chi connectivity index (χ4v) is 15.7. The first kappa shape index (κ1) is 64.8. The summed E-state index contributed by atoms with van der Waals surface area (Å²) >= 11 is 0. The minimum Gasteiger partial charge on any atom is -0.550 e. The highest BCUT2D eigenvalue weighted by atomic mass is 16.4. The van der Waals surface area contributed by atoms with Crippen LogP contribution in [0.25, 0.3) is 0 Å². The van der Waals surface area contributed by atoms with E-state index in [1.54, 1.807) is 0 Å². The van der Waals surface area contributed by atoms with Gasteiger partial charge in [-0.3, -0.25) is 0 Å². The quantitative estimate of drug-likeness (QED) is 0.0617. The molecule has 2 aromatic rings. The van der Waals surface area contributed by atoms with E-state index in [1.807, 2.05) is 0 Å². The molecule has 80 heavy (non-hydrogen) atoms. The molecule has 454 valence electrons. The fraction of sp³-hybridized carbons (Fsp3) is 0.867. The average molecular weight is 1120 g/mol. The number of aliphatic carboxylic acids is 2. The smallest absolute Gasteiger partial charge is 0.232 e. The van der Waals surface area contributed by atoms with Crippen molar-refractivity contribution in [2.24, 2.45) is 5.41 Å². The number of carboxylic acid groups (broad SMARTS) is 2. The van der Waals surface area contributed by atoms with Gasteiger partial charge < -0.3 is 71.3 Å². The van der Waals surface area contributed by atoms with Crippen LogP contribution in [0.3, 0.4) is 0 Å². The molecule has 20 nitrogen and oxygen atoms in total. The zero-order valence-corrected chi connectivity index (χ0v) is 53.3. The van der Waals surface area contributed by atoms with Gasteiger partial charge in [-0.1, -0.05) is 0 Å². The topological polar surface area (TPSA) is 243 Å². The minimum atomic E-state index is -1.46. The van der Waals surface area contributed by atoms with Crippen LogP contribution >= 0.6 is 0 Å². The largest absolute Gasteiger partial charge is 0.550 e. The number of carbonyl (C=O) groups excluding carboxylic acids is 2. The molecule has 0 aliphatic carbocycles. The highest BCUT2D eigenvalue weighted by Gasteiger charge is 2.45. The number of rotatable bonds is 25.